The number of aryl methyl sites for hydroxylation is 2. The third kappa shape index (κ3) is 2.71. The average Bonchev–Trinajstić information content (AvgIpc) is 3.34. The molecule has 2 aliphatic rings. The molecule has 4 rings (SSSR count). The van der Waals surface area contributed by atoms with Gasteiger partial charge in [0.1, 0.15) is 0 Å². The lowest BCUT2D eigenvalue weighted by Crippen LogP contribution is -2.36. The van der Waals surface area contributed by atoms with Gasteiger partial charge in [-0.1, -0.05) is 36.4 Å². The molecule has 0 bridgehead atoms. The van der Waals surface area contributed by atoms with Gasteiger partial charge in [0.15, 0.2) is 4.90 Å². The molecule has 2 aromatic rings. The topological polar surface area (TPSA) is 80.5 Å². The molecule has 7 heteroatoms. The lowest BCUT2D eigenvalue weighted by atomic mass is 10.1. The molecule has 0 amide bonds. The largest absolute Gasteiger partial charge is 0.289 e. The average molecular weight is 372 g/mol. The molecular weight excluding hydrogens is 352 g/mol. The van der Waals surface area contributed by atoms with Crippen LogP contribution in [-0.4, -0.2) is 23.7 Å². The molecule has 2 aromatic carbocycles. The van der Waals surface area contributed by atoms with Crippen LogP contribution in [0.5, 0.6) is 0 Å². The second kappa shape index (κ2) is 6.17. The second-order valence-electron chi connectivity index (χ2n) is 7.00. The molecular formula is C19H20N2O4S. The summed E-state index contributed by atoms with van der Waals surface area (Å²) in [6.45, 7) is 1.62. The van der Waals surface area contributed by atoms with E-state index in [1.807, 2.05) is 24.3 Å². The van der Waals surface area contributed by atoms with Gasteiger partial charge in [-0.15, -0.1) is 0 Å². The van der Waals surface area contributed by atoms with Crippen LogP contribution >= 0.6 is 0 Å². The first kappa shape index (κ1) is 17.2. The van der Waals surface area contributed by atoms with Crippen molar-refractivity contribution in [3.05, 3.63) is 69.3 Å². The SMILES string of the molecule is Cc1cccc([N+](=O)[O-])c1S(=O)(=O)N(C1CC1)C1CCc2ccccc21. The highest BCUT2D eigenvalue weighted by Gasteiger charge is 2.47. The Morgan fingerprint density at radius 2 is 1.81 bits per heavy atom. The minimum absolute atomic E-state index is 0.0737. The molecule has 26 heavy (non-hydrogen) atoms. The molecule has 1 fully saturated rings. The van der Waals surface area contributed by atoms with Crippen molar-refractivity contribution in [3.63, 3.8) is 0 Å². The van der Waals surface area contributed by atoms with E-state index in [2.05, 4.69) is 0 Å². The van der Waals surface area contributed by atoms with Crippen LogP contribution in [0, 0.1) is 17.0 Å². The highest BCUT2D eigenvalue weighted by Crippen LogP contribution is 2.46. The van der Waals surface area contributed by atoms with E-state index in [9.17, 15) is 18.5 Å². The molecule has 0 aromatic heterocycles. The first-order valence-electron chi connectivity index (χ1n) is 8.76. The molecule has 0 aliphatic heterocycles. The van der Waals surface area contributed by atoms with Gasteiger partial charge < -0.3 is 0 Å². The molecule has 0 saturated heterocycles. The van der Waals surface area contributed by atoms with E-state index in [1.54, 1.807) is 17.3 Å². The van der Waals surface area contributed by atoms with Crippen molar-refractivity contribution in [3.8, 4) is 0 Å². The Bertz CT molecular complexity index is 983. The summed E-state index contributed by atoms with van der Waals surface area (Å²) in [4.78, 5) is 10.7. The van der Waals surface area contributed by atoms with Crippen molar-refractivity contribution < 1.29 is 13.3 Å². The summed E-state index contributed by atoms with van der Waals surface area (Å²) in [5.74, 6) is 0. The van der Waals surface area contributed by atoms with Gasteiger partial charge in [-0.2, -0.15) is 4.31 Å². The normalized spacial score (nSPS) is 19.5. The van der Waals surface area contributed by atoms with Crippen LogP contribution in [0.3, 0.4) is 0 Å². The summed E-state index contributed by atoms with van der Waals surface area (Å²) in [6, 6.07) is 12.0. The van der Waals surface area contributed by atoms with Crippen molar-refractivity contribution >= 4 is 15.7 Å². The van der Waals surface area contributed by atoms with Gasteiger partial charge >= 0.3 is 0 Å². The Labute approximate surface area is 152 Å². The maximum absolute atomic E-state index is 13.6. The van der Waals surface area contributed by atoms with E-state index in [0.717, 1.165) is 36.8 Å². The Morgan fingerprint density at radius 3 is 2.50 bits per heavy atom. The van der Waals surface area contributed by atoms with Crippen molar-refractivity contribution in [2.24, 2.45) is 0 Å². The Morgan fingerprint density at radius 1 is 1.08 bits per heavy atom. The third-order valence-corrected chi connectivity index (χ3v) is 7.39. The van der Waals surface area contributed by atoms with Crippen LogP contribution in [-0.2, 0) is 16.4 Å². The number of hydrogen-bond acceptors (Lipinski definition) is 4. The van der Waals surface area contributed by atoms with Crippen LogP contribution < -0.4 is 0 Å². The molecule has 0 radical (unpaired) electrons. The van der Waals surface area contributed by atoms with Gasteiger partial charge in [-0.05, 0) is 49.3 Å². The van der Waals surface area contributed by atoms with Crippen LogP contribution in [0.4, 0.5) is 5.69 Å². The number of sulfonamides is 1. The zero-order valence-corrected chi connectivity index (χ0v) is 15.3. The fraction of sp³-hybridized carbons (Fsp3) is 0.368. The van der Waals surface area contributed by atoms with E-state index < -0.39 is 14.9 Å². The van der Waals surface area contributed by atoms with Crippen molar-refractivity contribution in [1.29, 1.82) is 0 Å². The van der Waals surface area contributed by atoms with Gasteiger partial charge in [-0.3, -0.25) is 10.1 Å². The fourth-order valence-electron chi connectivity index (χ4n) is 3.97. The number of hydrogen-bond donors (Lipinski definition) is 0. The summed E-state index contributed by atoms with van der Waals surface area (Å²) in [5, 5.41) is 11.5. The minimum atomic E-state index is -3.98. The number of nitro groups is 1. The van der Waals surface area contributed by atoms with E-state index in [1.165, 1.54) is 12.1 Å². The van der Waals surface area contributed by atoms with Gasteiger partial charge in [0.25, 0.3) is 15.7 Å². The summed E-state index contributed by atoms with van der Waals surface area (Å²) in [7, 11) is -3.98. The smallest absolute Gasteiger partial charge is 0.258 e. The number of fused-ring (bicyclic) bond motifs is 1. The molecule has 0 heterocycles. The first-order chi connectivity index (χ1) is 12.4. The van der Waals surface area contributed by atoms with Gasteiger partial charge in [0, 0.05) is 12.1 Å². The quantitative estimate of drug-likeness (QED) is 0.591. The van der Waals surface area contributed by atoms with Gasteiger partial charge in [-0.25, -0.2) is 8.42 Å². The number of nitrogens with zero attached hydrogens (tertiary/aromatic N) is 2. The molecule has 0 N–H and O–H groups in total. The van der Waals surface area contributed by atoms with Gasteiger partial charge in [0.05, 0.1) is 11.0 Å². The van der Waals surface area contributed by atoms with E-state index in [0.29, 0.717) is 5.56 Å². The Hall–Kier alpha value is -2.25. The predicted molar refractivity (Wildman–Crippen MR) is 97.4 cm³/mol. The molecule has 1 unspecified atom stereocenters. The summed E-state index contributed by atoms with van der Waals surface area (Å²) in [5.41, 5.74) is 2.26. The highest BCUT2D eigenvalue weighted by molar-refractivity contribution is 7.89. The van der Waals surface area contributed by atoms with E-state index in [-0.39, 0.29) is 22.7 Å². The second-order valence-corrected chi connectivity index (χ2v) is 8.78. The van der Waals surface area contributed by atoms with Crippen molar-refractivity contribution in [1.82, 2.24) is 4.31 Å². The molecule has 1 saturated carbocycles. The van der Waals surface area contributed by atoms with Crippen LogP contribution in [0.1, 0.15) is 42.0 Å². The minimum Gasteiger partial charge on any atom is -0.258 e. The lowest BCUT2D eigenvalue weighted by Gasteiger charge is -2.29. The Kier molecular flexibility index (Phi) is 4.08. The summed E-state index contributed by atoms with van der Waals surface area (Å²) >= 11 is 0. The van der Waals surface area contributed by atoms with Crippen LogP contribution in [0.2, 0.25) is 0 Å². The number of nitro benzene ring substituents is 1. The van der Waals surface area contributed by atoms with Crippen molar-refractivity contribution in [2.75, 3.05) is 0 Å². The van der Waals surface area contributed by atoms with Crippen molar-refractivity contribution in [2.45, 2.75) is 49.6 Å². The van der Waals surface area contributed by atoms with Crippen LogP contribution in [0.25, 0.3) is 0 Å². The first-order valence-corrected chi connectivity index (χ1v) is 10.2. The third-order valence-electron chi connectivity index (χ3n) is 5.24. The summed E-state index contributed by atoms with van der Waals surface area (Å²) in [6.07, 6.45) is 3.15. The molecule has 1 atom stereocenters. The predicted octanol–water partition coefficient (Wildman–Crippen LogP) is 3.74. The standard InChI is InChI=1S/C19H20N2O4S/c1-13-5-4-8-18(21(22)23)19(13)26(24,25)20(15-10-11-15)17-12-9-14-6-2-3-7-16(14)17/h2-8,15,17H,9-12H2,1H3. The van der Waals surface area contributed by atoms with E-state index >= 15 is 0 Å². The molecule has 136 valence electrons. The maximum atomic E-state index is 13.6. The monoisotopic (exact) mass is 372 g/mol. The fourth-order valence-corrected chi connectivity index (χ4v) is 6.22. The molecule has 6 nitrogen and oxygen atoms in total. The lowest BCUT2D eigenvalue weighted by molar-refractivity contribution is -0.387. The molecule has 0 spiro atoms. The number of rotatable bonds is 5. The Balaban J connectivity index is 1.86. The zero-order valence-electron chi connectivity index (χ0n) is 14.5. The maximum Gasteiger partial charge on any atom is 0.289 e. The summed E-state index contributed by atoms with van der Waals surface area (Å²) < 4.78 is 28.7. The van der Waals surface area contributed by atoms with E-state index in [4.69, 9.17) is 0 Å². The van der Waals surface area contributed by atoms with Crippen LogP contribution in [0.15, 0.2) is 47.4 Å². The highest BCUT2D eigenvalue weighted by atomic mass is 32.2. The number of benzene rings is 2. The molecule has 2 aliphatic carbocycles. The zero-order chi connectivity index (χ0) is 18.5. The van der Waals surface area contributed by atoms with Gasteiger partial charge in [0.2, 0.25) is 0 Å².